The van der Waals surface area contributed by atoms with E-state index >= 15 is 0 Å². The van der Waals surface area contributed by atoms with Crippen molar-refractivity contribution in [1.82, 2.24) is 0 Å². The van der Waals surface area contributed by atoms with Crippen LogP contribution in [0.1, 0.15) is 32.6 Å². The van der Waals surface area contributed by atoms with Gasteiger partial charge in [-0.05, 0) is 43.4 Å². The number of ether oxygens (including phenoxy) is 1. The number of methoxy groups -OCH3 is 1. The molecule has 0 bridgehead atoms. The lowest BCUT2D eigenvalue weighted by Gasteiger charge is -2.42. The van der Waals surface area contributed by atoms with E-state index < -0.39 is 11.9 Å². The lowest BCUT2D eigenvalue weighted by molar-refractivity contribution is -0.144. The maximum absolute atomic E-state index is 11.7. The minimum absolute atomic E-state index is 0.0722. The fourth-order valence-electron chi connectivity index (χ4n) is 3.63. The molecule has 1 N–H and O–H groups in total. The minimum atomic E-state index is -0.764. The quantitative estimate of drug-likeness (QED) is 0.637. The number of carboxylic acid groups (broad SMARTS) is 1. The normalized spacial score (nSPS) is 31.0. The van der Waals surface area contributed by atoms with Crippen LogP contribution in [0.5, 0.6) is 0 Å². The Bertz CT molecular complexity index is 463. The van der Waals surface area contributed by atoms with Gasteiger partial charge < -0.3 is 9.84 Å². The van der Waals surface area contributed by atoms with E-state index in [-0.39, 0.29) is 17.8 Å². The smallest absolute Gasteiger partial charge is 0.333 e. The Hall–Kier alpha value is -1.58. The van der Waals surface area contributed by atoms with Crippen molar-refractivity contribution in [3.05, 3.63) is 23.8 Å². The van der Waals surface area contributed by atoms with E-state index in [1.54, 1.807) is 6.92 Å². The van der Waals surface area contributed by atoms with Gasteiger partial charge in [0, 0.05) is 5.57 Å². The lowest BCUT2D eigenvalue weighted by Crippen LogP contribution is -2.37. The van der Waals surface area contributed by atoms with Crippen LogP contribution in [-0.2, 0) is 14.3 Å². The van der Waals surface area contributed by atoms with Crippen LogP contribution in [0.3, 0.4) is 0 Å². The molecule has 2 aliphatic rings. The van der Waals surface area contributed by atoms with Gasteiger partial charge in [0.2, 0.25) is 0 Å². The number of hydrogen-bond donors (Lipinski definition) is 1. The number of hydrogen-bond acceptors (Lipinski definition) is 3. The topological polar surface area (TPSA) is 63.6 Å². The Balaban J connectivity index is 2.30. The van der Waals surface area contributed by atoms with Crippen molar-refractivity contribution in [3.63, 3.8) is 0 Å². The highest BCUT2D eigenvalue weighted by molar-refractivity contribution is 5.88. The van der Waals surface area contributed by atoms with E-state index in [1.807, 2.05) is 6.08 Å². The van der Waals surface area contributed by atoms with Gasteiger partial charge in [0.05, 0.1) is 13.0 Å². The molecule has 0 radical (unpaired) electrons. The van der Waals surface area contributed by atoms with Gasteiger partial charge in [-0.1, -0.05) is 25.2 Å². The van der Waals surface area contributed by atoms with E-state index in [2.05, 4.69) is 6.58 Å². The van der Waals surface area contributed by atoms with Gasteiger partial charge in [-0.2, -0.15) is 0 Å². The summed E-state index contributed by atoms with van der Waals surface area (Å²) in [6, 6.07) is 0. The molecule has 4 heteroatoms. The highest BCUT2D eigenvalue weighted by Crippen LogP contribution is 2.47. The van der Waals surface area contributed by atoms with Crippen LogP contribution >= 0.6 is 0 Å². The molecule has 20 heavy (non-hydrogen) atoms. The van der Waals surface area contributed by atoms with Crippen molar-refractivity contribution < 1.29 is 19.4 Å². The molecule has 1 fully saturated rings. The second-order valence-electron chi connectivity index (χ2n) is 5.89. The zero-order valence-corrected chi connectivity index (χ0v) is 12.1. The summed E-state index contributed by atoms with van der Waals surface area (Å²) in [5, 5.41) is 9.28. The molecule has 2 rings (SSSR count). The Morgan fingerprint density at radius 2 is 2.10 bits per heavy atom. The largest absolute Gasteiger partial charge is 0.481 e. The van der Waals surface area contributed by atoms with Crippen LogP contribution in [0, 0.1) is 23.7 Å². The fourth-order valence-corrected chi connectivity index (χ4v) is 3.63. The van der Waals surface area contributed by atoms with E-state index in [9.17, 15) is 14.7 Å². The Kier molecular flexibility index (Phi) is 4.31. The lowest BCUT2D eigenvalue weighted by atomic mass is 9.62. The molecule has 0 saturated heterocycles. The molecule has 0 aromatic rings. The number of aliphatic carboxylic acids is 1. The Morgan fingerprint density at radius 3 is 2.70 bits per heavy atom. The van der Waals surface area contributed by atoms with Crippen LogP contribution in [0.15, 0.2) is 23.8 Å². The number of carbonyl (C=O) groups is 2. The second-order valence-corrected chi connectivity index (χ2v) is 5.89. The highest BCUT2D eigenvalue weighted by atomic mass is 16.5. The van der Waals surface area contributed by atoms with Crippen molar-refractivity contribution in [2.75, 3.05) is 7.11 Å². The first kappa shape index (κ1) is 14.8. The van der Waals surface area contributed by atoms with E-state index in [0.717, 1.165) is 19.3 Å². The molecular weight excluding hydrogens is 256 g/mol. The molecule has 4 nitrogen and oxygen atoms in total. The molecule has 0 amide bonds. The number of allylic oxidation sites excluding steroid dienone is 2. The molecule has 0 spiro atoms. The number of carbonyl (C=O) groups excluding carboxylic acids is 1. The third-order valence-electron chi connectivity index (χ3n) is 4.88. The third-order valence-corrected chi connectivity index (χ3v) is 4.88. The van der Waals surface area contributed by atoms with Gasteiger partial charge in [-0.25, -0.2) is 4.79 Å². The average Bonchev–Trinajstić information content (AvgIpc) is 2.45. The summed E-state index contributed by atoms with van der Waals surface area (Å²) in [5.41, 5.74) is 1.88. The van der Waals surface area contributed by atoms with E-state index in [4.69, 9.17) is 4.74 Å². The van der Waals surface area contributed by atoms with Crippen molar-refractivity contribution >= 4 is 11.9 Å². The summed E-state index contributed by atoms with van der Waals surface area (Å²) in [6.07, 6.45) is 5.24. The van der Waals surface area contributed by atoms with Gasteiger partial charge in [0.1, 0.15) is 0 Å². The predicted octanol–water partition coefficient (Wildman–Crippen LogP) is 2.80. The van der Waals surface area contributed by atoms with E-state index in [1.165, 1.54) is 12.7 Å². The summed E-state index contributed by atoms with van der Waals surface area (Å²) in [4.78, 5) is 23.0. The molecule has 0 aromatic heterocycles. The number of esters is 1. The maximum Gasteiger partial charge on any atom is 0.333 e. The third kappa shape index (κ3) is 2.65. The monoisotopic (exact) mass is 278 g/mol. The Labute approximate surface area is 119 Å². The molecule has 110 valence electrons. The van der Waals surface area contributed by atoms with Crippen molar-refractivity contribution in [2.45, 2.75) is 32.6 Å². The zero-order valence-electron chi connectivity index (χ0n) is 12.1. The van der Waals surface area contributed by atoms with Crippen LogP contribution in [0.25, 0.3) is 0 Å². The molecular formula is C16H22O4. The van der Waals surface area contributed by atoms with Gasteiger partial charge in [-0.15, -0.1) is 0 Å². The van der Waals surface area contributed by atoms with Crippen LogP contribution in [0.2, 0.25) is 0 Å². The highest BCUT2D eigenvalue weighted by Gasteiger charge is 2.41. The first-order valence-electron chi connectivity index (χ1n) is 7.15. The molecule has 1 unspecified atom stereocenters. The van der Waals surface area contributed by atoms with Crippen molar-refractivity contribution in [1.29, 1.82) is 0 Å². The maximum atomic E-state index is 11.7. The first-order valence-corrected chi connectivity index (χ1v) is 7.15. The van der Waals surface area contributed by atoms with Gasteiger partial charge in [-0.3, -0.25) is 4.79 Å². The minimum Gasteiger partial charge on any atom is -0.481 e. The number of fused-ring (bicyclic) bond motifs is 1. The molecule has 4 atom stereocenters. The van der Waals surface area contributed by atoms with Crippen LogP contribution in [0.4, 0.5) is 0 Å². The summed E-state index contributed by atoms with van der Waals surface area (Å²) in [5.74, 6) is -0.970. The van der Waals surface area contributed by atoms with Crippen molar-refractivity contribution in [3.8, 4) is 0 Å². The summed E-state index contributed by atoms with van der Waals surface area (Å²) >= 11 is 0. The Morgan fingerprint density at radius 1 is 1.40 bits per heavy atom. The van der Waals surface area contributed by atoms with Gasteiger partial charge >= 0.3 is 11.9 Å². The average molecular weight is 278 g/mol. The standard InChI is InChI=1S/C16H22O4/c1-9-4-6-13(10(2)15(17)18)14-8-11(16(19)20-3)5-7-12(9)14/h8,10,12-14H,1,4-7H2,2-3H3,(H,17,18)/t10?,12-,13+,14-/m0/s1. The fraction of sp³-hybridized carbons (Fsp3) is 0.625. The van der Waals surface area contributed by atoms with Gasteiger partial charge in [0.25, 0.3) is 0 Å². The van der Waals surface area contributed by atoms with Crippen molar-refractivity contribution in [2.24, 2.45) is 23.7 Å². The van der Waals surface area contributed by atoms with Gasteiger partial charge in [0.15, 0.2) is 0 Å². The summed E-state index contributed by atoms with van der Waals surface area (Å²) in [7, 11) is 1.38. The molecule has 0 heterocycles. The first-order chi connectivity index (χ1) is 9.45. The SMILES string of the molecule is C=C1CC[C@H](C(C)C(=O)O)[C@H]2C=C(C(=O)OC)CC[C@@H]12. The molecule has 2 aliphatic carbocycles. The molecule has 0 aromatic carbocycles. The number of carboxylic acids is 1. The second kappa shape index (κ2) is 5.81. The molecule has 0 aliphatic heterocycles. The molecule has 1 saturated carbocycles. The zero-order chi connectivity index (χ0) is 14.9. The van der Waals surface area contributed by atoms with Crippen LogP contribution in [-0.4, -0.2) is 24.2 Å². The number of rotatable bonds is 3. The summed E-state index contributed by atoms with van der Waals surface area (Å²) in [6.45, 7) is 5.90. The summed E-state index contributed by atoms with van der Waals surface area (Å²) < 4.78 is 4.79. The van der Waals surface area contributed by atoms with E-state index in [0.29, 0.717) is 17.9 Å². The predicted molar refractivity (Wildman–Crippen MR) is 75.0 cm³/mol. The van der Waals surface area contributed by atoms with Crippen LogP contribution < -0.4 is 0 Å².